The highest BCUT2D eigenvalue weighted by Gasteiger charge is 2.23. The van der Waals surface area contributed by atoms with Crippen molar-refractivity contribution in [1.29, 1.82) is 0 Å². The predicted octanol–water partition coefficient (Wildman–Crippen LogP) is 1.68. The Balaban J connectivity index is 1.87. The Hall–Kier alpha value is -1.88. The molecule has 5 nitrogen and oxygen atoms in total. The maximum atomic E-state index is 11.8. The summed E-state index contributed by atoms with van der Waals surface area (Å²) in [4.78, 5) is 22.3. The molecule has 1 aromatic carbocycles. The van der Waals surface area contributed by atoms with Crippen LogP contribution in [-0.4, -0.2) is 30.2 Å². The second-order valence-electron chi connectivity index (χ2n) is 4.64. The summed E-state index contributed by atoms with van der Waals surface area (Å²) in [6.07, 6.45) is 1.38. The van der Waals surface area contributed by atoms with Crippen molar-refractivity contribution in [3.05, 3.63) is 29.8 Å². The lowest BCUT2D eigenvalue weighted by Crippen LogP contribution is -2.22. The first kappa shape index (κ1) is 13.5. The summed E-state index contributed by atoms with van der Waals surface area (Å²) in [5, 5.41) is 11.4. The van der Waals surface area contributed by atoms with Gasteiger partial charge in [-0.25, -0.2) is 0 Å². The van der Waals surface area contributed by atoms with Gasteiger partial charge in [0.25, 0.3) is 0 Å². The zero-order valence-corrected chi connectivity index (χ0v) is 10.6. The molecule has 0 bridgehead atoms. The van der Waals surface area contributed by atoms with Gasteiger partial charge in [0.2, 0.25) is 5.91 Å². The number of carbonyl (C=O) groups excluding carboxylic acids is 1. The number of carboxylic acids is 1. The number of rotatable bonds is 5. The van der Waals surface area contributed by atoms with Crippen LogP contribution < -0.4 is 5.32 Å². The Bertz CT molecular complexity index is 449. The van der Waals surface area contributed by atoms with Crippen LogP contribution in [0.25, 0.3) is 0 Å². The molecule has 19 heavy (non-hydrogen) atoms. The molecule has 1 heterocycles. The second kappa shape index (κ2) is 6.33. The average molecular weight is 263 g/mol. The van der Waals surface area contributed by atoms with E-state index in [9.17, 15) is 9.59 Å². The van der Waals surface area contributed by atoms with E-state index in [2.05, 4.69) is 5.32 Å². The molecule has 1 aromatic rings. The van der Waals surface area contributed by atoms with E-state index in [1.807, 2.05) is 12.1 Å². The normalized spacial score (nSPS) is 18.2. The highest BCUT2D eigenvalue weighted by Crippen LogP contribution is 2.16. The number of carboxylic acid groups (broad SMARTS) is 1. The van der Waals surface area contributed by atoms with Gasteiger partial charge in [0.1, 0.15) is 0 Å². The number of aryl methyl sites for hydroxylation is 1. The van der Waals surface area contributed by atoms with Crippen LogP contribution in [0.4, 0.5) is 5.69 Å². The van der Waals surface area contributed by atoms with Gasteiger partial charge in [-0.3, -0.25) is 9.59 Å². The van der Waals surface area contributed by atoms with Gasteiger partial charge in [-0.1, -0.05) is 12.1 Å². The molecule has 0 aliphatic carbocycles. The minimum absolute atomic E-state index is 0.0178. The van der Waals surface area contributed by atoms with Gasteiger partial charge < -0.3 is 15.2 Å². The molecule has 102 valence electrons. The van der Waals surface area contributed by atoms with E-state index in [0.717, 1.165) is 17.7 Å². The zero-order chi connectivity index (χ0) is 13.7. The fourth-order valence-electron chi connectivity index (χ4n) is 1.99. The summed E-state index contributed by atoms with van der Waals surface area (Å²) < 4.78 is 5.17. The topological polar surface area (TPSA) is 75.6 Å². The third-order valence-corrected chi connectivity index (χ3v) is 3.15. The number of carbonyl (C=O) groups is 2. The van der Waals surface area contributed by atoms with E-state index in [0.29, 0.717) is 19.6 Å². The molecule has 0 radical (unpaired) electrons. The third kappa shape index (κ3) is 4.06. The monoisotopic (exact) mass is 263 g/mol. The first-order chi connectivity index (χ1) is 9.15. The van der Waals surface area contributed by atoms with Crippen LogP contribution in [0.5, 0.6) is 0 Å². The lowest BCUT2D eigenvalue weighted by molar-refractivity contribution is -0.137. The Kier molecular flexibility index (Phi) is 4.52. The van der Waals surface area contributed by atoms with Gasteiger partial charge in [-0.15, -0.1) is 0 Å². The molecule has 5 heteroatoms. The zero-order valence-electron chi connectivity index (χ0n) is 10.6. The lowest BCUT2D eigenvalue weighted by atomic mass is 10.1. The van der Waals surface area contributed by atoms with Crippen molar-refractivity contribution in [2.75, 3.05) is 18.5 Å². The average Bonchev–Trinajstić information content (AvgIpc) is 2.92. The first-order valence-corrected chi connectivity index (χ1v) is 6.34. The van der Waals surface area contributed by atoms with Gasteiger partial charge in [-0.2, -0.15) is 0 Å². The molecule has 1 fully saturated rings. The fourth-order valence-corrected chi connectivity index (χ4v) is 1.99. The summed E-state index contributed by atoms with van der Waals surface area (Å²) in [6.45, 7) is 1.13. The van der Waals surface area contributed by atoms with E-state index in [1.54, 1.807) is 12.1 Å². The minimum atomic E-state index is -0.807. The van der Waals surface area contributed by atoms with E-state index in [4.69, 9.17) is 9.84 Å². The number of ether oxygens (including phenoxy) is 1. The molecule has 2 rings (SSSR count). The number of hydrogen-bond donors (Lipinski definition) is 2. The van der Waals surface area contributed by atoms with Gasteiger partial charge in [0, 0.05) is 18.7 Å². The molecule has 0 spiro atoms. The number of amides is 1. The number of anilines is 1. The van der Waals surface area contributed by atoms with Crippen molar-refractivity contribution in [3.63, 3.8) is 0 Å². The molecule has 0 aromatic heterocycles. The largest absolute Gasteiger partial charge is 0.481 e. The third-order valence-electron chi connectivity index (χ3n) is 3.15. The van der Waals surface area contributed by atoms with E-state index in [1.165, 1.54) is 0 Å². The minimum Gasteiger partial charge on any atom is -0.481 e. The Morgan fingerprint density at radius 2 is 2.05 bits per heavy atom. The van der Waals surface area contributed by atoms with Crippen molar-refractivity contribution in [1.82, 2.24) is 0 Å². The van der Waals surface area contributed by atoms with Crippen molar-refractivity contribution in [2.45, 2.75) is 19.3 Å². The first-order valence-electron chi connectivity index (χ1n) is 6.34. The molecule has 1 unspecified atom stereocenters. The SMILES string of the molecule is O=C(O)CCc1ccc(NC(=O)C2CCOC2)cc1. The molecule has 1 atom stereocenters. The predicted molar refractivity (Wildman–Crippen MR) is 70.0 cm³/mol. The van der Waals surface area contributed by atoms with E-state index < -0.39 is 5.97 Å². The van der Waals surface area contributed by atoms with Crippen LogP contribution in [0.2, 0.25) is 0 Å². The molecule has 1 aliphatic heterocycles. The Labute approximate surface area is 111 Å². The number of benzene rings is 1. The van der Waals surface area contributed by atoms with Crippen molar-refractivity contribution < 1.29 is 19.4 Å². The lowest BCUT2D eigenvalue weighted by Gasteiger charge is -2.09. The summed E-state index contributed by atoms with van der Waals surface area (Å²) in [7, 11) is 0. The maximum absolute atomic E-state index is 11.8. The van der Waals surface area contributed by atoms with Crippen LogP contribution in [0.1, 0.15) is 18.4 Å². The van der Waals surface area contributed by atoms with Crippen molar-refractivity contribution >= 4 is 17.6 Å². The molecular formula is C14H17NO4. The van der Waals surface area contributed by atoms with Crippen LogP contribution in [-0.2, 0) is 20.7 Å². The van der Waals surface area contributed by atoms with Gasteiger partial charge in [0.15, 0.2) is 0 Å². The quantitative estimate of drug-likeness (QED) is 0.847. The standard InChI is InChI=1S/C14H17NO4/c16-13(17)6-3-10-1-4-12(5-2-10)15-14(18)11-7-8-19-9-11/h1-2,4-5,11H,3,6-9H2,(H,15,18)(H,16,17). The summed E-state index contributed by atoms with van der Waals surface area (Å²) in [5.41, 5.74) is 1.68. The van der Waals surface area contributed by atoms with Gasteiger partial charge in [-0.05, 0) is 30.5 Å². The van der Waals surface area contributed by atoms with Crippen LogP contribution in [0, 0.1) is 5.92 Å². The highest BCUT2D eigenvalue weighted by atomic mass is 16.5. The van der Waals surface area contributed by atoms with E-state index in [-0.39, 0.29) is 18.2 Å². The smallest absolute Gasteiger partial charge is 0.303 e. The molecule has 0 saturated carbocycles. The van der Waals surface area contributed by atoms with Gasteiger partial charge in [0.05, 0.1) is 12.5 Å². The van der Waals surface area contributed by atoms with Gasteiger partial charge >= 0.3 is 5.97 Å². The molecule has 1 amide bonds. The second-order valence-corrected chi connectivity index (χ2v) is 4.64. The number of hydrogen-bond acceptors (Lipinski definition) is 3. The van der Waals surface area contributed by atoms with Crippen molar-refractivity contribution in [2.24, 2.45) is 5.92 Å². The van der Waals surface area contributed by atoms with Crippen molar-refractivity contribution in [3.8, 4) is 0 Å². The maximum Gasteiger partial charge on any atom is 0.303 e. The fraction of sp³-hybridized carbons (Fsp3) is 0.429. The Morgan fingerprint density at radius 1 is 1.32 bits per heavy atom. The highest BCUT2D eigenvalue weighted by molar-refractivity contribution is 5.92. The van der Waals surface area contributed by atoms with Crippen LogP contribution in [0.3, 0.4) is 0 Å². The molecule has 1 aliphatic rings. The summed E-state index contributed by atoms with van der Waals surface area (Å²) >= 11 is 0. The van der Waals surface area contributed by atoms with Crippen LogP contribution in [0.15, 0.2) is 24.3 Å². The molecule has 1 saturated heterocycles. The number of aliphatic carboxylic acids is 1. The van der Waals surface area contributed by atoms with Crippen LogP contribution >= 0.6 is 0 Å². The Morgan fingerprint density at radius 3 is 2.63 bits per heavy atom. The summed E-state index contributed by atoms with van der Waals surface area (Å²) in [5.74, 6) is -0.888. The number of nitrogens with one attached hydrogen (secondary N) is 1. The molecule has 2 N–H and O–H groups in total. The molecular weight excluding hydrogens is 246 g/mol. The summed E-state index contributed by atoms with van der Waals surface area (Å²) in [6, 6.07) is 7.27. The van der Waals surface area contributed by atoms with E-state index >= 15 is 0 Å².